The van der Waals surface area contributed by atoms with E-state index in [0.29, 0.717) is 6.61 Å². The monoisotopic (exact) mass is 320 g/mol. The van der Waals surface area contributed by atoms with Crippen molar-refractivity contribution in [2.24, 2.45) is 0 Å². The molecule has 0 radical (unpaired) electrons. The van der Waals surface area contributed by atoms with Crippen molar-refractivity contribution in [1.29, 1.82) is 0 Å². The highest BCUT2D eigenvalue weighted by atomic mass is 32.2. The van der Waals surface area contributed by atoms with Crippen LogP contribution in [0, 0.1) is 0 Å². The number of hydrogen-bond donors (Lipinski definition) is 3. The van der Waals surface area contributed by atoms with E-state index in [1.165, 1.54) is 24.5 Å². The summed E-state index contributed by atoms with van der Waals surface area (Å²) >= 11 is 1.31. The first-order valence-corrected chi connectivity index (χ1v) is 7.96. The van der Waals surface area contributed by atoms with Gasteiger partial charge in [0.15, 0.2) is 0 Å². The Hall–Kier alpha value is -1.26. The van der Waals surface area contributed by atoms with Crippen molar-refractivity contribution >= 4 is 33.6 Å². The molecule has 0 spiro atoms. The molecule has 0 aliphatic carbocycles. The Morgan fingerprint density at radius 1 is 1.45 bits per heavy atom. The number of aliphatic carboxylic acids is 1. The van der Waals surface area contributed by atoms with E-state index in [1.807, 2.05) is 0 Å². The molecule has 0 unspecified atom stereocenters. The van der Waals surface area contributed by atoms with Crippen molar-refractivity contribution in [1.82, 2.24) is 9.44 Å². The van der Waals surface area contributed by atoms with Crippen molar-refractivity contribution < 1.29 is 23.1 Å². The second kappa shape index (κ2) is 8.12. The maximum absolute atomic E-state index is 11.5. The molecule has 1 aromatic heterocycles. The van der Waals surface area contributed by atoms with E-state index >= 15 is 0 Å². The topological polar surface area (TPSA) is 105 Å². The third-order valence-corrected chi connectivity index (χ3v) is 4.27. The Labute approximate surface area is 121 Å². The lowest BCUT2D eigenvalue weighted by Gasteiger charge is -2.06. The molecule has 0 amide bonds. The van der Waals surface area contributed by atoms with Crippen LogP contribution < -0.4 is 9.44 Å². The van der Waals surface area contributed by atoms with E-state index in [2.05, 4.69) is 9.44 Å². The van der Waals surface area contributed by atoms with Gasteiger partial charge < -0.3 is 9.84 Å². The molecule has 0 aromatic carbocycles. The number of ether oxygens (including phenoxy) is 1. The molecular weight excluding hydrogens is 304 g/mol. The molecule has 0 bridgehead atoms. The summed E-state index contributed by atoms with van der Waals surface area (Å²) in [6.07, 6.45) is 2.49. The molecular formula is C11H16N2O5S2. The summed E-state index contributed by atoms with van der Waals surface area (Å²) in [6.45, 7) is 0.640. The number of thiophene rings is 1. The van der Waals surface area contributed by atoms with Crippen molar-refractivity contribution in [3.05, 3.63) is 28.0 Å². The number of carboxylic acid groups (broad SMARTS) is 1. The molecule has 0 aliphatic rings. The predicted octanol–water partition coefficient (Wildman–Crippen LogP) is 0.416. The fourth-order valence-electron chi connectivity index (χ4n) is 1.23. The Kier molecular flexibility index (Phi) is 6.82. The molecule has 0 saturated carbocycles. The average molecular weight is 320 g/mol. The van der Waals surface area contributed by atoms with Crippen LogP contribution in [0.5, 0.6) is 0 Å². The zero-order valence-electron chi connectivity index (χ0n) is 10.8. The quantitative estimate of drug-likeness (QED) is 0.452. The van der Waals surface area contributed by atoms with E-state index < -0.39 is 16.2 Å². The smallest absolute Gasteiger partial charge is 0.328 e. The van der Waals surface area contributed by atoms with Gasteiger partial charge in [-0.1, -0.05) is 0 Å². The molecule has 0 aliphatic heterocycles. The van der Waals surface area contributed by atoms with E-state index in [9.17, 15) is 13.2 Å². The summed E-state index contributed by atoms with van der Waals surface area (Å²) in [6, 6.07) is 3.47. The highest BCUT2D eigenvalue weighted by Gasteiger charge is 2.09. The second-order valence-electron chi connectivity index (χ2n) is 3.69. The fourth-order valence-corrected chi connectivity index (χ4v) is 2.97. The number of methoxy groups -OCH3 is 1. The van der Waals surface area contributed by atoms with Crippen molar-refractivity contribution in [2.45, 2.75) is 6.54 Å². The first kappa shape index (κ1) is 16.8. The van der Waals surface area contributed by atoms with Crippen molar-refractivity contribution in [2.75, 3.05) is 20.3 Å². The molecule has 9 heteroatoms. The SMILES string of the molecule is COCCNS(=O)(=O)NCc1ccc(/C=C/C(=O)O)s1. The summed E-state index contributed by atoms with van der Waals surface area (Å²) in [5.41, 5.74) is 0. The minimum Gasteiger partial charge on any atom is -0.478 e. The Balaban J connectivity index is 2.47. The van der Waals surface area contributed by atoms with Crippen molar-refractivity contribution in [3.8, 4) is 0 Å². The zero-order chi connectivity index (χ0) is 15.0. The van der Waals surface area contributed by atoms with E-state index in [0.717, 1.165) is 15.8 Å². The molecule has 0 saturated heterocycles. The highest BCUT2D eigenvalue weighted by molar-refractivity contribution is 7.87. The van der Waals surface area contributed by atoms with E-state index in [-0.39, 0.29) is 13.1 Å². The summed E-state index contributed by atoms with van der Waals surface area (Å²) in [4.78, 5) is 11.9. The van der Waals surface area contributed by atoms with Gasteiger partial charge in [-0.25, -0.2) is 4.79 Å². The van der Waals surface area contributed by atoms with Crippen LogP contribution in [-0.4, -0.2) is 39.8 Å². The van der Waals surface area contributed by atoms with E-state index in [4.69, 9.17) is 9.84 Å². The first-order chi connectivity index (χ1) is 9.43. The molecule has 1 aromatic rings. The van der Waals surface area contributed by atoms with Gasteiger partial charge in [-0.15, -0.1) is 11.3 Å². The largest absolute Gasteiger partial charge is 0.478 e. The molecule has 3 N–H and O–H groups in total. The highest BCUT2D eigenvalue weighted by Crippen LogP contribution is 2.17. The summed E-state index contributed by atoms with van der Waals surface area (Å²) < 4.78 is 32.5. The lowest BCUT2D eigenvalue weighted by atomic mass is 10.4. The summed E-state index contributed by atoms with van der Waals surface area (Å²) in [7, 11) is -2.07. The molecule has 0 fully saturated rings. The lowest BCUT2D eigenvalue weighted by molar-refractivity contribution is -0.131. The van der Waals surface area contributed by atoms with Gasteiger partial charge in [0.2, 0.25) is 0 Å². The Morgan fingerprint density at radius 3 is 2.85 bits per heavy atom. The molecule has 20 heavy (non-hydrogen) atoms. The van der Waals surface area contributed by atoms with Crippen LogP contribution in [-0.2, 0) is 26.3 Å². The van der Waals surface area contributed by atoms with Gasteiger partial charge in [0, 0.05) is 36.0 Å². The maximum atomic E-state index is 11.5. The fraction of sp³-hybridized carbons (Fsp3) is 0.364. The third-order valence-electron chi connectivity index (χ3n) is 2.11. The van der Waals surface area contributed by atoms with Gasteiger partial charge in [0.1, 0.15) is 0 Å². The predicted molar refractivity (Wildman–Crippen MR) is 76.6 cm³/mol. The Bertz CT molecular complexity index is 565. The Morgan fingerprint density at radius 2 is 2.20 bits per heavy atom. The minimum atomic E-state index is -3.55. The first-order valence-electron chi connectivity index (χ1n) is 5.66. The van der Waals surface area contributed by atoms with Gasteiger partial charge >= 0.3 is 5.97 Å². The van der Waals surface area contributed by atoms with Crippen LogP contribution in [0.1, 0.15) is 9.75 Å². The standard InChI is InChI=1S/C11H16N2O5S2/c1-18-7-6-12-20(16,17)13-8-10-3-2-9(19-10)4-5-11(14)15/h2-5,12-13H,6-8H2,1H3,(H,14,15)/b5-4+. The van der Waals surface area contributed by atoms with Crippen LogP contribution in [0.4, 0.5) is 0 Å². The minimum absolute atomic E-state index is 0.147. The lowest BCUT2D eigenvalue weighted by Crippen LogP contribution is -2.37. The molecule has 1 rings (SSSR count). The molecule has 112 valence electrons. The van der Waals surface area contributed by atoms with Gasteiger partial charge in [-0.3, -0.25) is 0 Å². The van der Waals surface area contributed by atoms with Crippen LogP contribution >= 0.6 is 11.3 Å². The van der Waals surface area contributed by atoms with Crippen LogP contribution in [0.15, 0.2) is 18.2 Å². The second-order valence-corrected chi connectivity index (χ2v) is 6.47. The third kappa shape index (κ3) is 6.78. The number of carboxylic acids is 1. The van der Waals surface area contributed by atoms with E-state index in [1.54, 1.807) is 12.1 Å². The van der Waals surface area contributed by atoms with Gasteiger partial charge in [0.05, 0.1) is 6.61 Å². The van der Waals surface area contributed by atoms with Gasteiger partial charge in [-0.2, -0.15) is 17.9 Å². The molecule has 1 heterocycles. The van der Waals surface area contributed by atoms with Crippen LogP contribution in [0.2, 0.25) is 0 Å². The summed E-state index contributed by atoms with van der Waals surface area (Å²) in [5.74, 6) is -1.03. The number of hydrogen-bond acceptors (Lipinski definition) is 5. The van der Waals surface area contributed by atoms with Gasteiger partial charge in [0.25, 0.3) is 10.2 Å². The number of carbonyl (C=O) groups is 1. The van der Waals surface area contributed by atoms with Gasteiger partial charge in [-0.05, 0) is 18.2 Å². The van der Waals surface area contributed by atoms with Crippen LogP contribution in [0.25, 0.3) is 6.08 Å². The van der Waals surface area contributed by atoms with Crippen molar-refractivity contribution in [3.63, 3.8) is 0 Å². The normalized spacial score (nSPS) is 12.1. The summed E-state index contributed by atoms with van der Waals surface area (Å²) in [5, 5.41) is 8.50. The number of nitrogens with one attached hydrogen (secondary N) is 2. The average Bonchev–Trinajstić information content (AvgIpc) is 2.82. The van der Waals surface area contributed by atoms with Crippen LogP contribution in [0.3, 0.4) is 0 Å². The maximum Gasteiger partial charge on any atom is 0.328 e. The zero-order valence-corrected chi connectivity index (χ0v) is 12.5. The molecule has 0 atom stereocenters. The number of rotatable bonds is 9. The molecule has 7 nitrogen and oxygen atoms in total.